The molecule has 2 saturated heterocycles. The smallest absolute Gasteiger partial charge is 0.255 e. The number of nitrogens with two attached hydrogens (primary N) is 1. The van der Waals surface area contributed by atoms with E-state index < -0.39 is 0 Å². The van der Waals surface area contributed by atoms with Crippen molar-refractivity contribution in [3.63, 3.8) is 0 Å². The van der Waals surface area contributed by atoms with Crippen LogP contribution in [0.1, 0.15) is 34.9 Å². The zero-order valence-electron chi connectivity index (χ0n) is 19.1. The number of carbonyl (C=O) groups excluding carboxylic acids is 1. The lowest BCUT2D eigenvalue weighted by atomic mass is 10.1. The van der Waals surface area contributed by atoms with Crippen LogP contribution in [-0.4, -0.2) is 72.9 Å². The van der Waals surface area contributed by atoms with Gasteiger partial charge in [0.1, 0.15) is 18.4 Å². The molecule has 33 heavy (non-hydrogen) atoms. The second-order valence-electron chi connectivity index (χ2n) is 8.45. The third-order valence-electron chi connectivity index (χ3n) is 6.00. The molecule has 9 heteroatoms. The van der Waals surface area contributed by atoms with Gasteiger partial charge in [-0.3, -0.25) is 4.79 Å². The highest BCUT2D eigenvalue weighted by atomic mass is 35.5. The van der Waals surface area contributed by atoms with E-state index in [0.29, 0.717) is 54.3 Å². The lowest BCUT2D eigenvalue weighted by Gasteiger charge is -2.33. The second-order valence-corrected chi connectivity index (χ2v) is 9.51. The summed E-state index contributed by atoms with van der Waals surface area (Å²) in [7, 11) is 4.17. The third kappa shape index (κ3) is 7.32. The van der Waals surface area contributed by atoms with Gasteiger partial charge in [0.25, 0.3) is 5.91 Å². The summed E-state index contributed by atoms with van der Waals surface area (Å²) in [5, 5.41) is 0.382. The molecule has 2 heterocycles. The van der Waals surface area contributed by atoms with Gasteiger partial charge in [-0.1, -0.05) is 41.9 Å². The first-order valence-corrected chi connectivity index (χ1v) is 12.1. The first kappa shape index (κ1) is 25.8. The van der Waals surface area contributed by atoms with Crippen molar-refractivity contribution in [3.05, 3.63) is 64.7 Å². The Bertz CT molecular complexity index is 897. The highest BCUT2D eigenvalue weighted by molar-refractivity contribution is 7.91. The standard InChI is InChI=1S/C17H17ClN2O2.C7H15FN2S/c18-15-10-13(19)6-7-14(15)17(21)20-8-9-22-16(11-20)12-4-2-1-3-5-12;1-9(2)7-3-5-10(11-8)6-4-7/h1-7,10,16H,8-9,11,19H2;7H,3-6H2,1-2H3/t16-;/m1./s1. The molecule has 0 spiro atoms. The molecule has 2 fully saturated rings. The van der Waals surface area contributed by atoms with Crippen LogP contribution in [0.4, 0.5) is 9.57 Å². The molecule has 0 unspecified atom stereocenters. The van der Waals surface area contributed by atoms with Crippen LogP contribution in [0.5, 0.6) is 0 Å². The minimum absolute atomic E-state index is 0.0887. The minimum Gasteiger partial charge on any atom is -0.399 e. The quantitative estimate of drug-likeness (QED) is 0.492. The fraction of sp³-hybridized carbons (Fsp3) is 0.458. The number of hydrogen-bond acceptors (Lipinski definition) is 6. The van der Waals surface area contributed by atoms with Crippen molar-refractivity contribution < 1.29 is 13.4 Å². The van der Waals surface area contributed by atoms with E-state index in [1.54, 1.807) is 27.4 Å². The molecule has 0 bridgehead atoms. The third-order valence-corrected chi connectivity index (χ3v) is 6.87. The molecule has 6 nitrogen and oxygen atoms in total. The number of piperidine rings is 1. The van der Waals surface area contributed by atoms with Crippen LogP contribution in [0.2, 0.25) is 5.02 Å². The van der Waals surface area contributed by atoms with Crippen molar-refractivity contribution in [2.24, 2.45) is 0 Å². The topological polar surface area (TPSA) is 62.0 Å². The van der Waals surface area contributed by atoms with Crippen LogP contribution in [0.25, 0.3) is 0 Å². The van der Waals surface area contributed by atoms with E-state index in [1.807, 2.05) is 30.3 Å². The highest BCUT2D eigenvalue weighted by Gasteiger charge is 2.27. The number of carbonyl (C=O) groups is 1. The lowest BCUT2D eigenvalue weighted by Crippen LogP contribution is -2.42. The molecule has 0 aromatic heterocycles. The van der Waals surface area contributed by atoms with Gasteiger partial charge in [0.2, 0.25) is 0 Å². The normalized spacial score (nSPS) is 19.8. The molecule has 2 aromatic rings. The maximum atomic E-state index is 12.7. The maximum Gasteiger partial charge on any atom is 0.255 e. The molecular weight excluding hydrogens is 463 g/mol. The molecule has 1 atom stereocenters. The van der Waals surface area contributed by atoms with Gasteiger partial charge in [-0.25, -0.2) is 4.31 Å². The molecule has 2 aliphatic heterocycles. The number of anilines is 1. The van der Waals surface area contributed by atoms with Crippen molar-refractivity contribution in [1.29, 1.82) is 0 Å². The Balaban J connectivity index is 0.000000235. The van der Waals surface area contributed by atoms with E-state index in [2.05, 4.69) is 19.0 Å². The van der Waals surface area contributed by atoms with Gasteiger partial charge in [0, 0.05) is 31.4 Å². The van der Waals surface area contributed by atoms with Crippen molar-refractivity contribution in [1.82, 2.24) is 14.1 Å². The summed E-state index contributed by atoms with van der Waals surface area (Å²) in [5.41, 5.74) is 7.77. The number of amides is 1. The predicted octanol–water partition coefficient (Wildman–Crippen LogP) is 4.68. The van der Waals surface area contributed by atoms with E-state index in [-0.39, 0.29) is 12.0 Å². The molecule has 0 saturated carbocycles. The van der Waals surface area contributed by atoms with E-state index >= 15 is 0 Å². The van der Waals surface area contributed by atoms with Crippen LogP contribution in [-0.2, 0) is 4.74 Å². The van der Waals surface area contributed by atoms with Crippen LogP contribution in [0.3, 0.4) is 0 Å². The van der Waals surface area contributed by atoms with Gasteiger partial charge >= 0.3 is 0 Å². The number of morpholine rings is 1. The Morgan fingerprint density at radius 3 is 2.45 bits per heavy atom. The summed E-state index contributed by atoms with van der Waals surface area (Å²) in [6, 6.07) is 15.5. The van der Waals surface area contributed by atoms with Crippen LogP contribution >= 0.6 is 23.9 Å². The lowest BCUT2D eigenvalue weighted by molar-refractivity contribution is -0.0228. The van der Waals surface area contributed by atoms with Gasteiger partial charge in [0.15, 0.2) is 0 Å². The number of ether oxygens (including phenoxy) is 1. The van der Waals surface area contributed by atoms with Gasteiger partial charge in [-0.15, -0.1) is 3.89 Å². The Labute approximate surface area is 205 Å². The number of nitrogen functional groups attached to an aromatic ring is 1. The zero-order valence-corrected chi connectivity index (χ0v) is 20.7. The molecule has 4 rings (SSSR count). The minimum atomic E-state index is -0.105. The molecule has 1 amide bonds. The maximum absolute atomic E-state index is 12.7. The fourth-order valence-corrected chi connectivity index (χ4v) is 4.62. The van der Waals surface area contributed by atoms with E-state index in [0.717, 1.165) is 31.5 Å². The molecule has 0 radical (unpaired) electrons. The van der Waals surface area contributed by atoms with Crippen molar-refractivity contribution in [3.8, 4) is 0 Å². The molecule has 2 aliphatic rings. The summed E-state index contributed by atoms with van der Waals surface area (Å²) in [6.45, 7) is 3.35. The average Bonchev–Trinajstić information content (AvgIpc) is 2.85. The number of rotatable bonds is 4. The summed E-state index contributed by atoms with van der Waals surface area (Å²) in [6.07, 6.45) is 2.07. The zero-order chi connectivity index (χ0) is 23.8. The Hall–Kier alpha value is -1.84. The molecular formula is C24H32ClFN4O2S. The van der Waals surface area contributed by atoms with E-state index in [4.69, 9.17) is 22.1 Å². The summed E-state index contributed by atoms with van der Waals surface area (Å²) >= 11 is 6.51. The summed E-state index contributed by atoms with van der Waals surface area (Å²) < 4.78 is 19.6. The van der Waals surface area contributed by atoms with Crippen molar-refractivity contribution in [2.75, 3.05) is 52.6 Å². The van der Waals surface area contributed by atoms with Crippen LogP contribution in [0, 0.1) is 0 Å². The van der Waals surface area contributed by atoms with Gasteiger partial charge in [0.05, 0.1) is 23.7 Å². The number of benzene rings is 2. The Kier molecular flexibility index (Phi) is 9.82. The summed E-state index contributed by atoms with van der Waals surface area (Å²) in [5.74, 6) is -0.0887. The summed E-state index contributed by atoms with van der Waals surface area (Å²) in [4.78, 5) is 16.7. The molecule has 180 valence electrons. The van der Waals surface area contributed by atoms with Gasteiger partial charge in [-0.05, 0) is 50.7 Å². The SMILES string of the molecule is CN(C)C1CCN(SF)CC1.Nc1ccc(C(=O)N2CCO[C@@H](c3ccccc3)C2)c(Cl)c1. The number of nitrogens with zero attached hydrogens (tertiary/aromatic N) is 3. The fourth-order valence-electron chi connectivity index (χ4n) is 4.01. The second kappa shape index (κ2) is 12.6. The van der Waals surface area contributed by atoms with Gasteiger partial charge in [-0.2, -0.15) is 0 Å². The van der Waals surface area contributed by atoms with Crippen LogP contribution < -0.4 is 5.73 Å². The van der Waals surface area contributed by atoms with Crippen molar-refractivity contribution in [2.45, 2.75) is 25.0 Å². The predicted molar refractivity (Wildman–Crippen MR) is 134 cm³/mol. The Morgan fingerprint density at radius 2 is 1.85 bits per heavy atom. The van der Waals surface area contributed by atoms with Crippen molar-refractivity contribution >= 4 is 35.5 Å². The average molecular weight is 495 g/mol. The molecule has 2 aromatic carbocycles. The monoisotopic (exact) mass is 494 g/mol. The number of hydrogen-bond donors (Lipinski definition) is 1. The largest absolute Gasteiger partial charge is 0.399 e. The van der Waals surface area contributed by atoms with E-state index in [9.17, 15) is 8.68 Å². The molecule has 2 N–H and O–H groups in total. The Morgan fingerprint density at radius 1 is 1.15 bits per heavy atom. The first-order chi connectivity index (χ1) is 15.9. The van der Waals surface area contributed by atoms with E-state index in [1.165, 1.54) is 0 Å². The first-order valence-electron chi connectivity index (χ1n) is 11.1. The van der Waals surface area contributed by atoms with Gasteiger partial charge < -0.3 is 20.3 Å². The van der Waals surface area contributed by atoms with Crippen LogP contribution in [0.15, 0.2) is 48.5 Å². The highest BCUT2D eigenvalue weighted by Crippen LogP contribution is 2.26. The number of halogens is 2. The molecule has 0 aliphatic carbocycles.